The van der Waals surface area contributed by atoms with Crippen molar-refractivity contribution in [1.29, 1.82) is 0 Å². The number of rotatable bonds is 12. The van der Waals surface area contributed by atoms with E-state index in [9.17, 15) is 0 Å². The fraction of sp³-hybridized carbons (Fsp3) is 0. The van der Waals surface area contributed by atoms with Crippen molar-refractivity contribution in [3.63, 3.8) is 0 Å². The van der Waals surface area contributed by atoms with Crippen LogP contribution < -0.4 is 26.2 Å². The summed E-state index contributed by atoms with van der Waals surface area (Å²) in [6.45, 7) is -0.337. The highest BCUT2D eigenvalue weighted by Crippen LogP contribution is 2.55. The molecule has 0 atom stereocenters. The van der Waals surface area contributed by atoms with Crippen molar-refractivity contribution < 1.29 is 0 Å². The molecule has 2 aliphatic rings. The molecule has 0 N–H and O–H groups in total. The number of nitrogens with zero attached hydrogens (tertiary/aromatic N) is 5. The van der Waals surface area contributed by atoms with Gasteiger partial charge in [-0.15, -0.1) is 11.3 Å². The van der Waals surface area contributed by atoms with Crippen LogP contribution in [0.2, 0.25) is 0 Å². The van der Waals surface area contributed by atoms with Gasteiger partial charge < -0.3 is 23.5 Å². The van der Waals surface area contributed by atoms with Crippen LogP contribution in [0.1, 0.15) is 0 Å². The normalized spacial score (nSPS) is 12.4. The molecule has 2 aliphatic heterocycles. The van der Waals surface area contributed by atoms with Crippen molar-refractivity contribution in [3.05, 3.63) is 437 Å². The van der Waals surface area contributed by atoms with E-state index in [1.807, 2.05) is 11.3 Å². The Morgan fingerprint density at radius 3 is 1.01 bits per heavy atom. The molecule has 5 nitrogen and oxygen atoms in total. The number of benzene rings is 19. The minimum atomic E-state index is -0.337. The van der Waals surface area contributed by atoms with Crippen molar-refractivity contribution in [3.8, 4) is 95.0 Å². The van der Waals surface area contributed by atoms with E-state index in [4.69, 9.17) is 0 Å². The Balaban J connectivity index is 0.862. The Bertz CT molecular complexity index is 7910. The topological polar surface area (TPSA) is 21.3 Å². The molecule has 0 radical (unpaired) electrons. The predicted molar refractivity (Wildman–Crippen MR) is 514 cm³/mol. The van der Waals surface area contributed by atoms with E-state index in [1.54, 1.807) is 0 Å². The summed E-state index contributed by atoms with van der Waals surface area (Å²) < 4.78 is 10.1. The van der Waals surface area contributed by atoms with E-state index in [1.165, 1.54) is 102 Å². The Morgan fingerprint density at radius 2 is 0.529 bits per heavy atom. The molecule has 0 fully saturated rings. The molecule has 19 aromatic carbocycles. The van der Waals surface area contributed by atoms with Gasteiger partial charge in [0, 0.05) is 97.6 Å². The number of thiophene rings is 1. The second-order valence-electron chi connectivity index (χ2n) is 32.1. The largest absolute Gasteiger partial charge is 0.311 e. The molecule has 0 aliphatic carbocycles. The Hall–Kier alpha value is -15.5. The fourth-order valence-electron chi connectivity index (χ4n) is 20.5. The zero-order valence-corrected chi connectivity index (χ0v) is 66.6. The average molecular weight is 1550 g/mol. The van der Waals surface area contributed by atoms with Crippen LogP contribution in [0.5, 0.6) is 0 Å². The van der Waals surface area contributed by atoms with Crippen molar-refractivity contribution in [2.24, 2.45) is 0 Å². The predicted octanol–water partition coefficient (Wildman–Crippen LogP) is 29.1. The van der Waals surface area contributed by atoms with Crippen LogP contribution in [0.3, 0.4) is 0 Å². The summed E-state index contributed by atoms with van der Waals surface area (Å²) in [7, 11) is 0. The average Bonchev–Trinajstić information content (AvgIpc) is 1.56. The lowest BCUT2D eigenvalue weighted by Gasteiger charge is -2.45. The van der Waals surface area contributed by atoms with Gasteiger partial charge in [-0.1, -0.05) is 315 Å². The lowest BCUT2D eigenvalue weighted by Crippen LogP contribution is -2.61. The third-order valence-electron chi connectivity index (χ3n) is 25.6. The van der Waals surface area contributed by atoms with E-state index < -0.39 is 0 Å². The lowest BCUT2D eigenvalue weighted by atomic mass is 9.33. The van der Waals surface area contributed by atoms with Crippen LogP contribution in [0.4, 0.5) is 34.1 Å². The summed E-state index contributed by atoms with van der Waals surface area (Å²) >= 11 is 1.90. The number of hydrogen-bond acceptors (Lipinski definition) is 3. The molecule has 4 aromatic heterocycles. The Labute approximate surface area is 704 Å². The maximum absolute atomic E-state index is 2.69. The SMILES string of the molecule is c1ccc(-c2ccccc2-c2ccc3sc4cc5c(cc4c3c2)N(c2ccccc2-c2ccccc2)c2cc(-c3c(-n4c6ccccc6c6ccccc64)cccc3-n3c4ccccc4c4ccccc43)cc3c2B5c2cc4c(cc2N3c2ccccc2-c2ccccc2)c2cc(-c3ccccc3-c3ccccc3)ccc2n4-c2ccccc2)cc1. The van der Waals surface area contributed by atoms with Gasteiger partial charge in [0.15, 0.2) is 0 Å². The zero-order valence-electron chi connectivity index (χ0n) is 65.8. The van der Waals surface area contributed by atoms with Crippen LogP contribution >= 0.6 is 11.3 Å². The van der Waals surface area contributed by atoms with Crippen LogP contribution in [0.25, 0.3) is 181 Å². The van der Waals surface area contributed by atoms with E-state index in [0.717, 1.165) is 129 Å². The molecule has 25 rings (SSSR count). The number of para-hydroxylation sites is 7. The summed E-state index contributed by atoms with van der Waals surface area (Å²) in [6, 6.07) is 164. The third-order valence-corrected chi connectivity index (χ3v) is 26.7. The molecular formula is C114H72BN5S. The van der Waals surface area contributed by atoms with Gasteiger partial charge in [0.2, 0.25) is 0 Å². The molecule has 23 aromatic rings. The van der Waals surface area contributed by atoms with E-state index in [0.29, 0.717) is 0 Å². The second-order valence-corrected chi connectivity index (χ2v) is 33.2. The van der Waals surface area contributed by atoms with Crippen molar-refractivity contribution in [2.45, 2.75) is 0 Å². The van der Waals surface area contributed by atoms with Crippen LogP contribution in [0, 0.1) is 0 Å². The number of fused-ring (bicyclic) bond motifs is 16. The summed E-state index contributed by atoms with van der Waals surface area (Å²) in [5.74, 6) is 0. The molecule has 0 unspecified atom stereocenters. The first kappa shape index (κ1) is 68.7. The minimum Gasteiger partial charge on any atom is -0.311 e. The molecule has 121 heavy (non-hydrogen) atoms. The highest BCUT2D eigenvalue weighted by molar-refractivity contribution is 7.26. The summed E-state index contributed by atoms with van der Waals surface area (Å²) in [5, 5.41) is 9.55. The second kappa shape index (κ2) is 27.6. The van der Waals surface area contributed by atoms with Gasteiger partial charge in [-0.2, -0.15) is 0 Å². The molecule has 6 heterocycles. The number of hydrogen-bond donors (Lipinski definition) is 0. The summed E-state index contributed by atoms with van der Waals surface area (Å²) in [6.07, 6.45) is 0. The van der Waals surface area contributed by atoms with Gasteiger partial charge in [-0.05, 0) is 199 Å². The monoisotopic (exact) mass is 1550 g/mol. The standard InChI is InChI=1S/C114H72BN5S/c1-6-33-73(34-7-1)81-43-16-18-45-83(81)77-61-63-103-91(65-77)92-69-107-95(71-106(92)116(103)80-41-14-5-15-42-80)115-96-72-112-94(93-66-78(62-64-111(93)121-112)84-46-19-17-44-82(84)74-35-8-2-9-36-74)70-108(96)120(98-54-27-21-48-86(98)76-39-12-4-13-40-76)110-68-79(67-109(114(110)115)119(107)97-53-26-20-47-85(97)75-37-10-3-11-38-75)113-104(117-99-55-28-22-49-87(99)88-50-23-29-56-100(88)117)59-32-60-105(113)118-101-57-30-24-51-89(101)90-52-25-31-58-102(90)118/h1-72H. The molecule has 0 amide bonds. The number of anilines is 6. The van der Waals surface area contributed by atoms with Gasteiger partial charge in [0.05, 0.1) is 55.8 Å². The molecule has 562 valence electrons. The number of aromatic nitrogens is 3. The summed E-state index contributed by atoms with van der Waals surface area (Å²) in [4.78, 5) is 5.39. The molecule has 0 bridgehead atoms. The highest BCUT2D eigenvalue weighted by atomic mass is 32.1. The van der Waals surface area contributed by atoms with Gasteiger partial charge in [0.1, 0.15) is 0 Å². The maximum atomic E-state index is 2.69. The quantitative estimate of drug-likeness (QED) is 0.114. The van der Waals surface area contributed by atoms with E-state index in [2.05, 4.69) is 460 Å². The van der Waals surface area contributed by atoms with Crippen molar-refractivity contribution in [1.82, 2.24) is 13.7 Å². The highest BCUT2D eigenvalue weighted by Gasteiger charge is 2.46. The van der Waals surface area contributed by atoms with Crippen molar-refractivity contribution >= 4 is 154 Å². The van der Waals surface area contributed by atoms with Gasteiger partial charge in [-0.25, -0.2) is 0 Å². The van der Waals surface area contributed by atoms with Gasteiger partial charge in [0.25, 0.3) is 6.71 Å². The van der Waals surface area contributed by atoms with Crippen molar-refractivity contribution in [2.75, 3.05) is 9.80 Å². The molecule has 0 saturated heterocycles. The Morgan fingerprint density at radius 1 is 0.182 bits per heavy atom. The van der Waals surface area contributed by atoms with Crippen LogP contribution in [-0.2, 0) is 0 Å². The molecular weight excluding hydrogens is 1480 g/mol. The zero-order chi connectivity index (χ0) is 79.3. The summed E-state index contributed by atoms with van der Waals surface area (Å²) in [5.41, 5.74) is 36.4. The van der Waals surface area contributed by atoms with Crippen LogP contribution in [0.15, 0.2) is 437 Å². The third kappa shape index (κ3) is 10.7. The molecule has 0 saturated carbocycles. The first-order valence-corrected chi connectivity index (χ1v) is 42.6. The minimum absolute atomic E-state index is 0.337. The van der Waals surface area contributed by atoms with Gasteiger partial charge in [-0.3, -0.25) is 0 Å². The first-order valence-electron chi connectivity index (χ1n) is 41.7. The Kier molecular flexibility index (Phi) is 15.6. The van der Waals surface area contributed by atoms with E-state index >= 15 is 0 Å². The maximum Gasteiger partial charge on any atom is 0.252 e. The van der Waals surface area contributed by atoms with Crippen LogP contribution in [-0.4, -0.2) is 20.4 Å². The molecule has 0 spiro atoms. The molecule has 7 heteroatoms. The smallest absolute Gasteiger partial charge is 0.252 e. The van der Waals surface area contributed by atoms with Gasteiger partial charge >= 0.3 is 0 Å². The fourth-order valence-corrected chi connectivity index (χ4v) is 21.6. The first-order chi connectivity index (χ1) is 60.1. The lowest BCUT2D eigenvalue weighted by molar-refractivity contribution is 1.14. The van der Waals surface area contributed by atoms with E-state index in [-0.39, 0.29) is 6.71 Å².